The Labute approximate surface area is 146 Å². The van der Waals surface area contributed by atoms with Gasteiger partial charge in [-0.05, 0) is 24.6 Å². The lowest BCUT2D eigenvalue weighted by molar-refractivity contribution is -0.147. The Bertz CT molecular complexity index is 896. The third kappa shape index (κ3) is 3.89. The van der Waals surface area contributed by atoms with Crippen molar-refractivity contribution in [2.45, 2.75) is 18.6 Å². The molecule has 1 aliphatic heterocycles. The Morgan fingerprint density at radius 1 is 1.42 bits per heavy atom. The van der Waals surface area contributed by atoms with Crippen molar-refractivity contribution in [3.63, 3.8) is 0 Å². The van der Waals surface area contributed by atoms with E-state index in [4.69, 9.17) is 14.6 Å². The number of carboxylic acid groups (broad SMARTS) is 1. The number of ether oxygens (including phenoxy) is 2. The van der Waals surface area contributed by atoms with E-state index < -0.39 is 41.9 Å². The Balaban J connectivity index is 1.80. The van der Waals surface area contributed by atoms with Crippen LogP contribution in [0.1, 0.15) is 16.8 Å². The molecule has 1 saturated heterocycles. The van der Waals surface area contributed by atoms with Crippen molar-refractivity contribution in [2.24, 2.45) is 0 Å². The van der Waals surface area contributed by atoms with Gasteiger partial charge in [0.1, 0.15) is 18.0 Å². The van der Waals surface area contributed by atoms with Crippen molar-refractivity contribution in [1.29, 1.82) is 0 Å². The summed E-state index contributed by atoms with van der Waals surface area (Å²) in [5.41, 5.74) is -0.363. The van der Waals surface area contributed by atoms with Gasteiger partial charge < -0.3 is 24.9 Å². The summed E-state index contributed by atoms with van der Waals surface area (Å²) >= 11 is 0. The van der Waals surface area contributed by atoms with Gasteiger partial charge >= 0.3 is 5.97 Å². The van der Waals surface area contributed by atoms with Crippen LogP contribution in [0, 0.1) is 5.82 Å². The van der Waals surface area contributed by atoms with E-state index in [1.165, 1.54) is 18.3 Å². The van der Waals surface area contributed by atoms with E-state index >= 15 is 0 Å². The minimum Gasteiger partial charge on any atom is -0.480 e. The van der Waals surface area contributed by atoms with Crippen LogP contribution in [0.4, 0.5) is 4.39 Å². The molecule has 0 radical (unpaired) electrons. The number of nitrogens with one attached hydrogen (secondary N) is 2. The summed E-state index contributed by atoms with van der Waals surface area (Å²) in [6, 6.07) is 3.09. The average molecular weight is 364 g/mol. The maximum atomic E-state index is 13.4. The van der Waals surface area contributed by atoms with E-state index in [9.17, 15) is 18.8 Å². The predicted molar refractivity (Wildman–Crippen MR) is 88.6 cm³/mol. The van der Waals surface area contributed by atoms with Crippen LogP contribution in [0.5, 0.6) is 0 Å². The number of carboxylic acids is 1. The normalized spacial score (nSPS) is 20.0. The first-order valence-corrected chi connectivity index (χ1v) is 7.98. The van der Waals surface area contributed by atoms with Crippen molar-refractivity contribution >= 4 is 22.8 Å². The smallest absolute Gasteiger partial charge is 0.329 e. The van der Waals surface area contributed by atoms with Gasteiger partial charge in [-0.25, -0.2) is 9.18 Å². The van der Waals surface area contributed by atoms with Gasteiger partial charge in [-0.3, -0.25) is 9.59 Å². The number of hydrogen-bond donors (Lipinski definition) is 3. The summed E-state index contributed by atoms with van der Waals surface area (Å²) in [4.78, 5) is 38.4. The molecular weight excluding hydrogens is 347 g/mol. The van der Waals surface area contributed by atoms with Crippen LogP contribution in [0.3, 0.4) is 0 Å². The molecule has 138 valence electrons. The highest BCUT2D eigenvalue weighted by atomic mass is 19.1. The van der Waals surface area contributed by atoms with Crippen molar-refractivity contribution in [2.75, 3.05) is 19.8 Å². The number of rotatable bonds is 5. The monoisotopic (exact) mass is 364 g/mol. The summed E-state index contributed by atoms with van der Waals surface area (Å²) in [5, 5.41) is 11.4. The molecule has 2 atom stereocenters. The molecule has 2 heterocycles. The number of carbonyl (C=O) groups is 2. The molecule has 1 amide bonds. The van der Waals surface area contributed by atoms with Gasteiger partial charge in [-0.15, -0.1) is 0 Å². The molecule has 8 nitrogen and oxygen atoms in total. The molecule has 9 heteroatoms. The molecular formula is C17H17FN2O6. The van der Waals surface area contributed by atoms with Gasteiger partial charge in [0.15, 0.2) is 0 Å². The fourth-order valence-corrected chi connectivity index (χ4v) is 2.84. The van der Waals surface area contributed by atoms with E-state index in [0.29, 0.717) is 18.5 Å². The molecule has 3 N–H and O–H groups in total. The first-order valence-electron chi connectivity index (χ1n) is 7.98. The number of hydrogen-bond acceptors (Lipinski definition) is 5. The zero-order valence-corrected chi connectivity index (χ0v) is 13.7. The molecule has 0 bridgehead atoms. The number of aliphatic carboxylic acids is 1. The second kappa shape index (κ2) is 7.63. The molecule has 0 saturated carbocycles. The number of carbonyl (C=O) groups excluding carboxylic acids is 1. The van der Waals surface area contributed by atoms with Crippen molar-refractivity contribution < 1.29 is 28.6 Å². The van der Waals surface area contributed by atoms with E-state index in [1.54, 1.807) is 0 Å². The molecule has 0 unspecified atom stereocenters. The van der Waals surface area contributed by atoms with E-state index in [0.717, 1.165) is 6.07 Å². The van der Waals surface area contributed by atoms with Crippen LogP contribution >= 0.6 is 0 Å². The third-order valence-electron chi connectivity index (χ3n) is 4.12. The van der Waals surface area contributed by atoms with Gasteiger partial charge in [0.2, 0.25) is 5.43 Å². The number of benzene rings is 1. The fraction of sp³-hybridized carbons (Fsp3) is 0.353. The lowest BCUT2D eigenvalue weighted by Crippen LogP contribution is -2.51. The summed E-state index contributed by atoms with van der Waals surface area (Å²) < 4.78 is 24.0. The molecule has 26 heavy (non-hydrogen) atoms. The first kappa shape index (κ1) is 18.0. The fourth-order valence-electron chi connectivity index (χ4n) is 2.84. The Morgan fingerprint density at radius 2 is 2.23 bits per heavy atom. The molecule has 1 aliphatic rings. The summed E-state index contributed by atoms with van der Waals surface area (Å²) in [7, 11) is 0. The summed E-state index contributed by atoms with van der Waals surface area (Å²) in [6.07, 6.45) is 1.13. The highest BCUT2D eigenvalue weighted by Gasteiger charge is 2.29. The zero-order valence-electron chi connectivity index (χ0n) is 13.7. The van der Waals surface area contributed by atoms with Crippen molar-refractivity contribution in [3.05, 3.63) is 46.0 Å². The topological polar surface area (TPSA) is 118 Å². The number of aromatic nitrogens is 1. The van der Waals surface area contributed by atoms with Crippen molar-refractivity contribution in [3.8, 4) is 0 Å². The zero-order chi connectivity index (χ0) is 18.7. The molecule has 1 aromatic carbocycles. The molecule has 1 aromatic heterocycles. The van der Waals surface area contributed by atoms with Crippen molar-refractivity contribution in [1.82, 2.24) is 10.3 Å². The SMILES string of the molecule is O=C(O)CO[C@@H]1CCOC[C@@H]1NC(=O)c1c[nH]c2ccc(F)cc2c1=O. The largest absolute Gasteiger partial charge is 0.480 e. The second-order valence-electron chi connectivity index (χ2n) is 5.91. The average Bonchev–Trinajstić information content (AvgIpc) is 2.61. The molecule has 1 fully saturated rings. The minimum atomic E-state index is -1.12. The Hall–Kier alpha value is -2.78. The number of halogens is 1. The lowest BCUT2D eigenvalue weighted by Gasteiger charge is -2.31. The quantitative estimate of drug-likeness (QED) is 0.717. The number of amides is 1. The number of H-pyrrole nitrogens is 1. The first-order chi connectivity index (χ1) is 12.5. The summed E-state index contributed by atoms with van der Waals surface area (Å²) in [5.74, 6) is -2.37. The molecule has 3 rings (SSSR count). The van der Waals surface area contributed by atoms with Crippen LogP contribution in [-0.2, 0) is 14.3 Å². The van der Waals surface area contributed by atoms with E-state index in [1.807, 2.05) is 0 Å². The van der Waals surface area contributed by atoms with Crippen LogP contribution < -0.4 is 10.7 Å². The third-order valence-corrected chi connectivity index (χ3v) is 4.12. The maximum absolute atomic E-state index is 13.4. The van der Waals surface area contributed by atoms with Crippen LogP contribution in [-0.4, -0.2) is 53.9 Å². The van der Waals surface area contributed by atoms with E-state index in [2.05, 4.69) is 10.3 Å². The van der Waals surface area contributed by atoms with Gasteiger partial charge in [0.05, 0.1) is 18.8 Å². The predicted octanol–water partition coefficient (Wildman–Crippen LogP) is 0.656. The summed E-state index contributed by atoms with van der Waals surface area (Å²) in [6.45, 7) is 0.0233. The van der Waals surface area contributed by atoms with Gasteiger partial charge in [0.25, 0.3) is 5.91 Å². The maximum Gasteiger partial charge on any atom is 0.329 e. The van der Waals surface area contributed by atoms with E-state index in [-0.39, 0.29) is 17.6 Å². The van der Waals surface area contributed by atoms with Gasteiger partial charge in [-0.2, -0.15) is 0 Å². The van der Waals surface area contributed by atoms with Crippen LogP contribution in [0.15, 0.2) is 29.2 Å². The standard InChI is InChI=1S/C17H17FN2O6/c18-9-1-2-12-10(5-9)16(23)11(6-19-12)17(24)20-13-7-25-4-3-14(13)26-8-15(21)22/h1-2,5-6,13-14H,3-4,7-8H2,(H,19,23)(H,20,24)(H,21,22)/t13-,14+/m0/s1. The number of fused-ring (bicyclic) bond motifs is 1. The van der Waals surface area contributed by atoms with Crippen LogP contribution in [0.2, 0.25) is 0 Å². The Morgan fingerprint density at radius 3 is 3.00 bits per heavy atom. The molecule has 0 spiro atoms. The molecule has 2 aromatic rings. The lowest BCUT2D eigenvalue weighted by atomic mass is 10.1. The van der Waals surface area contributed by atoms with Gasteiger partial charge in [0, 0.05) is 23.7 Å². The minimum absolute atomic E-state index is 0.0659. The number of aromatic amines is 1. The molecule has 0 aliphatic carbocycles. The Kier molecular flexibility index (Phi) is 5.29. The highest BCUT2D eigenvalue weighted by molar-refractivity contribution is 5.97. The highest BCUT2D eigenvalue weighted by Crippen LogP contribution is 2.14. The van der Waals surface area contributed by atoms with Gasteiger partial charge in [-0.1, -0.05) is 0 Å². The second-order valence-corrected chi connectivity index (χ2v) is 5.91. The van der Waals surface area contributed by atoms with Crippen LogP contribution in [0.25, 0.3) is 10.9 Å². The number of pyridine rings is 1.